The monoisotopic (exact) mass is 342 g/mol. The molecule has 3 heterocycles. The summed E-state index contributed by atoms with van der Waals surface area (Å²) in [6, 6.07) is 10.4. The van der Waals surface area contributed by atoms with Gasteiger partial charge in [-0.05, 0) is 37.4 Å². The second kappa shape index (κ2) is 7.35. The van der Waals surface area contributed by atoms with Gasteiger partial charge in [0.2, 0.25) is 0 Å². The second-order valence-electron chi connectivity index (χ2n) is 6.74. The lowest BCUT2D eigenvalue weighted by Gasteiger charge is -2.39. The maximum absolute atomic E-state index is 14.0. The Balaban J connectivity index is 1.36. The van der Waals surface area contributed by atoms with Crippen molar-refractivity contribution in [3.05, 3.63) is 48.7 Å². The molecule has 1 aromatic heterocycles. The van der Waals surface area contributed by atoms with E-state index in [-0.39, 0.29) is 5.82 Å². The molecule has 2 fully saturated rings. The van der Waals surface area contributed by atoms with Gasteiger partial charge in [-0.2, -0.15) is 0 Å². The summed E-state index contributed by atoms with van der Waals surface area (Å²) < 4.78 is 19.8. The van der Waals surface area contributed by atoms with Gasteiger partial charge in [0.1, 0.15) is 18.7 Å². The number of halogens is 1. The molecular weight excluding hydrogens is 319 g/mol. The molecule has 6 heteroatoms. The molecule has 132 valence electrons. The average Bonchev–Trinajstić information content (AvgIpc) is 3.05. The van der Waals surface area contributed by atoms with Crippen LogP contribution in [0.2, 0.25) is 0 Å². The number of rotatable bonds is 5. The van der Waals surface area contributed by atoms with Crippen LogP contribution in [0, 0.1) is 11.7 Å². The first kappa shape index (κ1) is 16.3. The first-order valence-electron chi connectivity index (χ1n) is 8.93. The molecular formula is C19H23FN4O. The molecule has 0 spiro atoms. The van der Waals surface area contributed by atoms with Crippen molar-refractivity contribution in [1.82, 2.24) is 14.9 Å². The molecule has 0 saturated carbocycles. The van der Waals surface area contributed by atoms with Crippen LogP contribution >= 0.6 is 0 Å². The third kappa shape index (κ3) is 3.58. The summed E-state index contributed by atoms with van der Waals surface area (Å²) in [6.07, 6.45) is 4.97. The first-order chi connectivity index (χ1) is 12.3. The first-order valence-corrected chi connectivity index (χ1v) is 8.93. The van der Waals surface area contributed by atoms with E-state index in [1.165, 1.54) is 18.9 Å². The smallest absolute Gasteiger partial charge is 0.183 e. The van der Waals surface area contributed by atoms with E-state index in [0.29, 0.717) is 24.4 Å². The highest BCUT2D eigenvalue weighted by Gasteiger charge is 2.38. The van der Waals surface area contributed by atoms with Crippen molar-refractivity contribution >= 4 is 5.82 Å². The normalized spacial score (nSPS) is 23.5. The van der Waals surface area contributed by atoms with Crippen LogP contribution in [0.3, 0.4) is 0 Å². The molecule has 2 aromatic rings. The van der Waals surface area contributed by atoms with Crippen LogP contribution < -0.4 is 9.64 Å². The van der Waals surface area contributed by atoms with Crippen molar-refractivity contribution in [3.63, 3.8) is 0 Å². The van der Waals surface area contributed by atoms with Crippen LogP contribution in [-0.4, -0.2) is 53.7 Å². The molecule has 5 nitrogen and oxygen atoms in total. The Bertz CT molecular complexity index is 699. The van der Waals surface area contributed by atoms with Crippen molar-refractivity contribution in [1.29, 1.82) is 0 Å². The van der Waals surface area contributed by atoms with Gasteiger partial charge >= 0.3 is 0 Å². The number of hydrogen-bond donors (Lipinski definition) is 0. The largest absolute Gasteiger partial charge is 0.492 e. The van der Waals surface area contributed by atoms with Crippen LogP contribution in [-0.2, 0) is 0 Å². The van der Waals surface area contributed by atoms with E-state index in [4.69, 9.17) is 4.74 Å². The summed E-state index contributed by atoms with van der Waals surface area (Å²) in [5, 5.41) is 0. The topological polar surface area (TPSA) is 41.5 Å². The Morgan fingerprint density at radius 1 is 1.16 bits per heavy atom. The number of hydrogen-bond acceptors (Lipinski definition) is 5. The van der Waals surface area contributed by atoms with Crippen LogP contribution in [0.1, 0.15) is 12.8 Å². The molecule has 4 rings (SSSR count). The number of piperidine rings is 1. The van der Waals surface area contributed by atoms with E-state index in [0.717, 1.165) is 38.3 Å². The number of aromatic nitrogens is 2. The zero-order valence-corrected chi connectivity index (χ0v) is 14.2. The number of benzene rings is 1. The van der Waals surface area contributed by atoms with Gasteiger partial charge < -0.3 is 9.64 Å². The molecule has 1 aromatic carbocycles. The maximum atomic E-state index is 14.0. The SMILES string of the molecule is Fc1cncnc1N1CCC2CCN(CCOc3ccccc3)C2C1. The number of ether oxygens (including phenoxy) is 1. The van der Waals surface area contributed by atoms with Gasteiger partial charge in [-0.1, -0.05) is 18.2 Å². The minimum absolute atomic E-state index is 0.335. The van der Waals surface area contributed by atoms with Gasteiger partial charge in [-0.25, -0.2) is 14.4 Å². The van der Waals surface area contributed by atoms with Crippen molar-refractivity contribution in [2.24, 2.45) is 5.92 Å². The summed E-state index contributed by atoms with van der Waals surface area (Å²) in [6.45, 7) is 4.35. The third-order valence-electron chi connectivity index (χ3n) is 5.32. The van der Waals surface area contributed by atoms with E-state index >= 15 is 0 Å². The molecule has 0 amide bonds. The molecule has 2 atom stereocenters. The summed E-state index contributed by atoms with van der Waals surface area (Å²) in [7, 11) is 0. The zero-order chi connectivity index (χ0) is 17.1. The number of para-hydroxylation sites is 1. The molecule has 0 bridgehead atoms. The van der Waals surface area contributed by atoms with Crippen molar-refractivity contribution in [2.45, 2.75) is 18.9 Å². The Morgan fingerprint density at radius 2 is 2.00 bits per heavy atom. The van der Waals surface area contributed by atoms with Crippen LogP contribution in [0.15, 0.2) is 42.9 Å². The van der Waals surface area contributed by atoms with Crippen molar-refractivity contribution in [3.8, 4) is 5.75 Å². The molecule has 2 aliphatic rings. The van der Waals surface area contributed by atoms with E-state index in [9.17, 15) is 4.39 Å². The van der Waals surface area contributed by atoms with Gasteiger partial charge in [0.25, 0.3) is 0 Å². The quantitative estimate of drug-likeness (QED) is 0.835. The maximum Gasteiger partial charge on any atom is 0.183 e. The Labute approximate surface area is 147 Å². The standard InChI is InChI=1S/C19H23FN4O/c20-17-12-21-14-22-19(17)24-9-7-15-6-8-23(18(15)13-24)10-11-25-16-4-2-1-3-5-16/h1-5,12,14-15,18H,6-11,13H2. The molecule has 0 N–H and O–H groups in total. The molecule has 0 aliphatic carbocycles. The third-order valence-corrected chi connectivity index (χ3v) is 5.32. The van der Waals surface area contributed by atoms with E-state index < -0.39 is 0 Å². The van der Waals surface area contributed by atoms with Crippen LogP contribution in [0.4, 0.5) is 10.2 Å². The highest BCUT2D eigenvalue weighted by atomic mass is 19.1. The lowest BCUT2D eigenvalue weighted by Crippen LogP contribution is -2.49. The predicted octanol–water partition coefficient (Wildman–Crippen LogP) is 2.60. The molecule has 2 unspecified atom stereocenters. The van der Waals surface area contributed by atoms with Gasteiger partial charge in [0, 0.05) is 25.7 Å². The van der Waals surface area contributed by atoms with Gasteiger partial charge in [-0.3, -0.25) is 4.90 Å². The van der Waals surface area contributed by atoms with Crippen molar-refractivity contribution in [2.75, 3.05) is 37.7 Å². The number of fused-ring (bicyclic) bond motifs is 1. The Hall–Kier alpha value is -2.21. The van der Waals surface area contributed by atoms with Crippen LogP contribution in [0.5, 0.6) is 5.75 Å². The average molecular weight is 342 g/mol. The molecule has 2 aliphatic heterocycles. The highest BCUT2D eigenvalue weighted by molar-refractivity contribution is 5.39. The highest BCUT2D eigenvalue weighted by Crippen LogP contribution is 2.33. The van der Waals surface area contributed by atoms with Gasteiger partial charge in [-0.15, -0.1) is 0 Å². The minimum Gasteiger partial charge on any atom is -0.492 e. The summed E-state index contributed by atoms with van der Waals surface area (Å²) in [5.74, 6) is 1.70. The van der Waals surface area contributed by atoms with E-state index in [2.05, 4.69) is 19.8 Å². The second-order valence-corrected chi connectivity index (χ2v) is 6.74. The number of anilines is 1. The number of likely N-dealkylation sites (tertiary alicyclic amines) is 1. The zero-order valence-electron chi connectivity index (χ0n) is 14.2. The molecule has 2 saturated heterocycles. The summed E-state index contributed by atoms with van der Waals surface area (Å²) in [5.41, 5.74) is 0. The van der Waals surface area contributed by atoms with Gasteiger partial charge in [0.05, 0.1) is 6.20 Å². The van der Waals surface area contributed by atoms with Crippen LogP contribution in [0.25, 0.3) is 0 Å². The fraction of sp³-hybridized carbons (Fsp3) is 0.474. The molecule has 25 heavy (non-hydrogen) atoms. The molecule has 0 radical (unpaired) electrons. The Morgan fingerprint density at radius 3 is 2.84 bits per heavy atom. The lowest BCUT2D eigenvalue weighted by atomic mass is 9.92. The summed E-state index contributed by atoms with van der Waals surface area (Å²) in [4.78, 5) is 12.4. The fourth-order valence-corrected chi connectivity index (χ4v) is 4.03. The summed E-state index contributed by atoms with van der Waals surface area (Å²) >= 11 is 0. The fourth-order valence-electron chi connectivity index (χ4n) is 4.03. The minimum atomic E-state index is -0.335. The van der Waals surface area contributed by atoms with E-state index in [1.807, 2.05) is 30.3 Å². The van der Waals surface area contributed by atoms with Crippen molar-refractivity contribution < 1.29 is 9.13 Å². The lowest BCUT2D eigenvalue weighted by molar-refractivity contribution is 0.171. The Kier molecular flexibility index (Phi) is 4.78. The number of nitrogens with zero attached hydrogens (tertiary/aromatic N) is 4. The predicted molar refractivity (Wildman–Crippen MR) is 94.2 cm³/mol. The van der Waals surface area contributed by atoms with Gasteiger partial charge in [0.15, 0.2) is 11.6 Å². The van der Waals surface area contributed by atoms with E-state index in [1.54, 1.807) is 0 Å².